The zero-order valence-electron chi connectivity index (χ0n) is 46.6. The van der Waals surface area contributed by atoms with Crippen molar-refractivity contribution in [1.82, 2.24) is 9.62 Å². The monoisotopic (exact) mass is 1100 g/mol. The number of allylic oxidation sites excluding steroid dienone is 6. The van der Waals surface area contributed by atoms with Crippen LogP contribution in [-0.4, -0.2) is 141 Å². The summed E-state index contributed by atoms with van der Waals surface area (Å²) in [6.45, 7) is 12.5. The van der Waals surface area contributed by atoms with E-state index in [-0.39, 0.29) is 54.1 Å². The Balaban J connectivity index is 1.43. The van der Waals surface area contributed by atoms with Crippen molar-refractivity contribution in [2.45, 2.75) is 185 Å². The number of ketones is 3. The second-order valence-corrected chi connectivity index (χ2v) is 23.6. The molecule has 428 valence electrons. The summed E-state index contributed by atoms with van der Waals surface area (Å²) in [5.74, 6) is -8.88. The summed E-state index contributed by atoms with van der Waals surface area (Å²) in [5.41, 5.74) is 1.19. The zero-order chi connectivity index (χ0) is 56.8. The maximum absolute atomic E-state index is 14.6. The highest BCUT2D eigenvalue weighted by Crippen LogP contribution is 2.38. The van der Waals surface area contributed by atoms with Crippen LogP contribution in [0.25, 0.3) is 0 Å². The van der Waals surface area contributed by atoms with E-state index in [1.165, 1.54) is 38.5 Å². The molecule has 19 heteroatoms. The van der Waals surface area contributed by atoms with Crippen LogP contribution in [0.2, 0.25) is 0 Å². The topological polar surface area (TPSA) is 248 Å². The average molecular weight is 1100 g/mol. The van der Waals surface area contributed by atoms with Crippen molar-refractivity contribution in [3.05, 3.63) is 77.9 Å². The minimum Gasteiger partial charge on any atom is -0.460 e. The van der Waals surface area contributed by atoms with Gasteiger partial charge in [0.2, 0.25) is 5.79 Å². The number of aliphatic hydroxyl groups excluding tert-OH is 1. The molecule has 0 spiro atoms. The highest BCUT2D eigenvalue weighted by molar-refractivity contribution is 7.90. The molecular formula is C58H84N2O16S. The average Bonchev–Trinajstić information content (AvgIpc) is 3.42. The molecule has 2 saturated heterocycles. The molecule has 3 N–H and O–H groups in total. The molecule has 3 heterocycles. The molecule has 1 saturated carbocycles. The lowest BCUT2D eigenvalue weighted by Crippen LogP contribution is -2.61. The first-order chi connectivity index (χ1) is 36.4. The maximum Gasteiger partial charge on any atom is 0.421 e. The number of fused-ring (bicyclic) bond motifs is 3. The summed E-state index contributed by atoms with van der Waals surface area (Å²) in [4.78, 5) is 85.4. The molecule has 2 amide bonds. The Morgan fingerprint density at radius 3 is 2.25 bits per heavy atom. The third-order valence-corrected chi connectivity index (χ3v) is 17.3. The molecule has 5 rings (SSSR count). The number of hydrogen-bond donors (Lipinski definition) is 3. The van der Waals surface area contributed by atoms with Gasteiger partial charge in [0.25, 0.3) is 21.7 Å². The number of carbonyl (C=O) groups excluding carboxylic acids is 6. The fourth-order valence-electron chi connectivity index (χ4n) is 11.2. The van der Waals surface area contributed by atoms with Gasteiger partial charge in [0, 0.05) is 58.5 Å². The van der Waals surface area contributed by atoms with E-state index in [1.807, 2.05) is 55.9 Å². The Kier molecular flexibility index (Phi) is 23.6. The second kappa shape index (κ2) is 28.8. The fourth-order valence-corrected chi connectivity index (χ4v) is 12.1. The summed E-state index contributed by atoms with van der Waals surface area (Å²) in [6.07, 6.45) is 7.84. The molecule has 0 aromatic heterocycles. The Bertz CT molecular complexity index is 2440. The number of nitrogens with one attached hydrogen (secondary N) is 1. The first-order valence-corrected chi connectivity index (χ1v) is 28.7. The Morgan fingerprint density at radius 2 is 1.57 bits per heavy atom. The van der Waals surface area contributed by atoms with Gasteiger partial charge in [-0.15, -0.1) is 0 Å². The number of amides is 2. The lowest BCUT2D eigenvalue weighted by atomic mass is 9.78. The SMILES string of the molecule is CO[C@H]1C[C@@H]2CC[C@@H](C)[C@@](O)(O2)C(=O)C(=O)N2CCCC[C@H]2C(=O)O[C@H]([C@H](C)C[C@@H]2CC[C@@H](OC(=O)NS(=O)(=O)c3ccccc3)[C@H](OC)C2)CC(=O)[C@H](C)/C=C(\C)[C@@H](O)[C@@H](OC)C(=O)[C@H](C)C[C@H](C)/C=C/C=C/C=C/1C. The van der Waals surface area contributed by atoms with E-state index in [9.17, 15) is 47.4 Å². The minimum absolute atomic E-state index is 0.0167. The van der Waals surface area contributed by atoms with Gasteiger partial charge in [-0.05, 0) is 119 Å². The van der Waals surface area contributed by atoms with E-state index in [0.717, 1.165) is 10.5 Å². The second-order valence-electron chi connectivity index (χ2n) is 21.9. The van der Waals surface area contributed by atoms with Gasteiger partial charge in [0.15, 0.2) is 5.78 Å². The molecule has 2 bridgehead atoms. The number of benzene rings is 1. The predicted molar refractivity (Wildman–Crippen MR) is 286 cm³/mol. The zero-order valence-corrected chi connectivity index (χ0v) is 47.4. The lowest BCUT2D eigenvalue weighted by molar-refractivity contribution is -0.265. The van der Waals surface area contributed by atoms with E-state index in [2.05, 4.69) is 0 Å². The van der Waals surface area contributed by atoms with Crippen molar-refractivity contribution in [3.8, 4) is 0 Å². The first-order valence-electron chi connectivity index (χ1n) is 27.2. The van der Waals surface area contributed by atoms with Gasteiger partial charge < -0.3 is 43.5 Å². The number of rotatable bonds is 9. The number of methoxy groups -OCH3 is 3. The number of carbonyl (C=O) groups is 6. The minimum atomic E-state index is -4.20. The van der Waals surface area contributed by atoms with E-state index in [4.69, 9.17) is 28.4 Å². The van der Waals surface area contributed by atoms with Crippen molar-refractivity contribution in [1.29, 1.82) is 0 Å². The molecule has 1 aromatic rings. The molecule has 15 atom stereocenters. The van der Waals surface area contributed by atoms with Crippen LogP contribution in [0.1, 0.15) is 126 Å². The van der Waals surface area contributed by atoms with Crippen molar-refractivity contribution in [2.24, 2.45) is 35.5 Å². The smallest absolute Gasteiger partial charge is 0.421 e. The van der Waals surface area contributed by atoms with E-state index in [1.54, 1.807) is 46.9 Å². The number of piperidine rings is 1. The van der Waals surface area contributed by atoms with Crippen molar-refractivity contribution in [2.75, 3.05) is 27.9 Å². The summed E-state index contributed by atoms with van der Waals surface area (Å²) >= 11 is 0. The van der Waals surface area contributed by atoms with Crippen LogP contribution in [0.15, 0.2) is 82.8 Å². The summed E-state index contributed by atoms with van der Waals surface area (Å²) in [7, 11) is 0.174. The summed E-state index contributed by atoms with van der Waals surface area (Å²) < 4.78 is 62.9. The van der Waals surface area contributed by atoms with Crippen LogP contribution in [0.4, 0.5) is 4.79 Å². The summed E-state index contributed by atoms with van der Waals surface area (Å²) in [6, 6.07) is 6.19. The number of Topliss-reactive ketones (excluding diaryl/α,β-unsaturated/α-hetero) is 3. The normalized spacial score (nSPS) is 36.0. The van der Waals surface area contributed by atoms with Crippen molar-refractivity contribution >= 4 is 45.3 Å². The van der Waals surface area contributed by atoms with Crippen LogP contribution in [0, 0.1) is 35.5 Å². The first kappa shape index (κ1) is 62.9. The van der Waals surface area contributed by atoms with Crippen LogP contribution < -0.4 is 4.72 Å². The maximum atomic E-state index is 14.6. The molecule has 0 radical (unpaired) electrons. The van der Waals surface area contributed by atoms with Crippen molar-refractivity contribution in [3.63, 3.8) is 0 Å². The molecule has 1 aliphatic carbocycles. The standard InChI is InChI=1S/C58H84N2O16S/c1-35-19-13-11-14-20-36(2)48(71-8)33-43-26-24-41(7)58(68,76-43)54(64)55(65)60-28-18-17-23-45(60)56(66)74-49(34-46(61)37(3)30-40(6)52(63)53(73-10)51(62)39(5)29-35)38(4)31-42-25-27-47(50(32-42)72-9)75-57(67)59-77(69,70)44-21-15-12-16-22-44/h11-16,19-22,30,35,37-39,41-43,45,47-50,52-53,63,68H,17-18,23-29,31-34H2,1-10H3,(H,59,67)/b14-11+,19-13+,36-20+,40-30+/t35-,37-,38-,39-,41-,42+,43+,45+,47-,48+,49+,50-,52-,53+,58-/m1/s1. The molecule has 18 nitrogen and oxygen atoms in total. The third-order valence-electron chi connectivity index (χ3n) is 16.0. The lowest BCUT2D eigenvalue weighted by Gasteiger charge is -2.42. The molecule has 1 aromatic carbocycles. The molecular weight excluding hydrogens is 1010 g/mol. The predicted octanol–water partition coefficient (Wildman–Crippen LogP) is 7.30. The number of hydrogen-bond acceptors (Lipinski definition) is 16. The Morgan fingerprint density at radius 1 is 0.857 bits per heavy atom. The molecule has 4 aliphatic rings. The van der Waals surface area contributed by atoms with Gasteiger partial charge in [-0.2, -0.15) is 0 Å². The summed E-state index contributed by atoms with van der Waals surface area (Å²) in [5, 5.41) is 23.6. The largest absolute Gasteiger partial charge is 0.460 e. The number of nitrogens with zero attached hydrogens (tertiary/aromatic N) is 1. The van der Waals surface area contributed by atoms with Crippen LogP contribution in [-0.2, 0) is 62.4 Å². The van der Waals surface area contributed by atoms with Gasteiger partial charge in [-0.1, -0.05) is 89.3 Å². The fraction of sp³-hybridized carbons (Fsp3) is 0.655. The molecule has 0 unspecified atom stereocenters. The van der Waals surface area contributed by atoms with Gasteiger partial charge in [0.1, 0.15) is 36.2 Å². The van der Waals surface area contributed by atoms with Gasteiger partial charge in [-0.25, -0.2) is 22.7 Å². The number of esters is 1. The van der Waals surface area contributed by atoms with Crippen LogP contribution in [0.5, 0.6) is 0 Å². The highest BCUT2D eigenvalue weighted by Gasteiger charge is 2.53. The van der Waals surface area contributed by atoms with Gasteiger partial charge >= 0.3 is 12.1 Å². The quantitative estimate of drug-likeness (QED) is 0.125. The van der Waals surface area contributed by atoms with Gasteiger partial charge in [-0.3, -0.25) is 19.2 Å². The number of aliphatic hydroxyl groups is 2. The highest BCUT2D eigenvalue weighted by atomic mass is 32.2. The Hall–Kier alpha value is -4.89. The molecule has 3 fully saturated rings. The van der Waals surface area contributed by atoms with Crippen LogP contribution >= 0.6 is 0 Å². The molecule has 77 heavy (non-hydrogen) atoms. The van der Waals surface area contributed by atoms with Gasteiger partial charge in [0.05, 0.1) is 23.2 Å². The third kappa shape index (κ3) is 16.8. The van der Waals surface area contributed by atoms with Crippen molar-refractivity contribution < 1.29 is 75.8 Å². The van der Waals surface area contributed by atoms with E-state index in [0.29, 0.717) is 63.4 Å². The van der Waals surface area contributed by atoms with Crippen LogP contribution in [0.3, 0.4) is 0 Å². The van der Waals surface area contributed by atoms with E-state index < -0.39 is 112 Å². The number of sulfonamides is 1. The Labute approximate surface area is 455 Å². The molecule has 3 aliphatic heterocycles. The number of cyclic esters (lactones) is 1. The number of ether oxygens (including phenoxy) is 6. The van der Waals surface area contributed by atoms with E-state index >= 15 is 0 Å².